The average molecular weight is 358 g/mol. The Morgan fingerprint density at radius 3 is 2.14 bits per heavy atom. The second-order valence-electron chi connectivity index (χ2n) is 4.82. The van der Waals surface area contributed by atoms with Crippen molar-refractivity contribution in [3.63, 3.8) is 0 Å². The number of carbonyl (C=O) groups is 1. The number of halogens is 3. The van der Waals surface area contributed by atoms with Gasteiger partial charge in [0.2, 0.25) is 3.79 Å². The number of alkyl halides is 3. The minimum Gasteiger partial charge on any atom is -0.362 e. The SMILES string of the molecule is Cc1ccc(C(=O)NC(Nc2ccccc2)C(Cl)(Cl)Cl)cc1. The van der Waals surface area contributed by atoms with Crippen LogP contribution in [0.25, 0.3) is 0 Å². The predicted octanol–water partition coefficient (Wildman–Crippen LogP) is 4.53. The third-order valence-electron chi connectivity index (χ3n) is 3.00. The molecule has 0 aliphatic carbocycles. The van der Waals surface area contributed by atoms with Gasteiger partial charge in [-0.3, -0.25) is 4.79 Å². The Kier molecular flexibility index (Phi) is 5.57. The molecule has 2 aromatic carbocycles. The van der Waals surface area contributed by atoms with Crippen LogP contribution < -0.4 is 10.6 Å². The van der Waals surface area contributed by atoms with Crippen molar-refractivity contribution in [2.24, 2.45) is 0 Å². The molecule has 3 nitrogen and oxygen atoms in total. The molecule has 2 N–H and O–H groups in total. The molecular weight excluding hydrogens is 343 g/mol. The van der Waals surface area contributed by atoms with Gasteiger partial charge in [0.15, 0.2) is 0 Å². The number of para-hydroxylation sites is 1. The average Bonchev–Trinajstić information content (AvgIpc) is 2.47. The molecule has 22 heavy (non-hydrogen) atoms. The van der Waals surface area contributed by atoms with Gasteiger partial charge in [-0.2, -0.15) is 0 Å². The van der Waals surface area contributed by atoms with Gasteiger partial charge in [0.1, 0.15) is 6.17 Å². The predicted molar refractivity (Wildman–Crippen MR) is 92.8 cm³/mol. The van der Waals surface area contributed by atoms with E-state index < -0.39 is 9.96 Å². The van der Waals surface area contributed by atoms with Crippen LogP contribution in [0.2, 0.25) is 0 Å². The molecule has 0 saturated carbocycles. The van der Waals surface area contributed by atoms with Gasteiger partial charge in [0.25, 0.3) is 5.91 Å². The zero-order valence-corrected chi connectivity index (χ0v) is 14.1. The Morgan fingerprint density at radius 1 is 1.00 bits per heavy atom. The summed E-state index contributed by atoms with van der Waals surface area (Å²) < 4.78 is -1.70. The summed E-state index contributed by atoms with van der Waals surface area (Å²) in [5, 5.41) is 5.70. The highest BCUT2D eigenvalue weighted by Gasteiger charge is 2.34. The quantitative estimate of drug-likeness (QED) is 0.623. The molecule has 116 valence electrons. The molecule has 6 heteroatoms. The van der Waals surface area contributed by atoms with Crippen molar-refractivity contribution in [3.05, 3.63) is 65.7 Å². The monoisotopic (exact) mass is 356 g/mol. The van der Waals surface area contributed by atoms with Crippen molar-refractivity contribution >= 4 is 46.4 Å². The summed E-state index contributed by atoms with van der Waals surface area (Å²) in [7, 11) is 0. The van der Waals surface area contributed by atoms with Crippen molar-refractivity contribution < 1.29 is 4.79 Å². The number of hydrogen-bond donors (Lipinski definition) is 2. The maximum absolute atomic E-state index is 12.3. The fourth-order valence-corrected chi connectivity index (χ4v) is 2.15. The van der Waals surface area contributed by atoms with E-state index in [1.165, 1.54) is 0 Å². The summed E-state index contributed by atoms with van der Waals surface area (Å²) >= 11 is 17.9. The van der Waals surface area contributed by atoms with Gasteiger partial charge >= 0.3 is 0 Å². The van der Waals surface area contributed by atoms with E-state index in [0.717, 1.165) is 11.3 Å². The van der Waals surface area contributed by atoms with Crippen LogP contribution in [0.3, 0.4) is 0 Å². The van der Waals surface area contributed by atoms with Crippen LogP contribution in [0.15, 0.2) is 54.6 Å². The fourth-order valence-electron chi connectivity index (χ4n) is 1.82. The Morgan fingerprint density at radius 2 is 1.59 bits per heavy atom. The van der Waals surface area contributed by atoms with E-state index in [9.17, 15) is 4.79 Å². The summed E-state index contributed by atoms with van der Waals surface area (Å²) in [6.07, 6.45) is -0.867. The highest BCUT2D eigenvalue weighted by atomic mass is 35.6. The summed E-state index contributed by atoms with van der Waals surface area (Å²) in [5.74, 6) is -0.320. The molecule has 0 fully saturated rings. The molecule has 0 saturated heterocycles. The standard InChI is InChI=1S/C16H15Cl3N2O/c1-11-7-9-12(10-8-11)14(22)21-15(16(17,18)19)20-13-5-3-2-4-6-13/h2-10,15,20H,1H3,(H,21,22). The second-order valence-corrected chi connectivity index (χ2v) is 7.19. The van der Waals surface area contributed by atoms with Gasteiger partial charge in [0.05, 0.1) is 0 Å². The van der Waals surface area contributed by atoms with E-state index in [2.05, 4.69) is 10.6 Å². The van der Waals surface area contributed by atoms with Gasteiger partial charge in [-0.25, -0.2) is 0 Å². The number of benzene rings is 2. The lowest BCUT2D eigenvalue weighted by molar-refractivity contribution is 0.0942. The fraction of sp³-hybridized carbons (Fsp3) is 0.188. The van der Waals surface area contributed by atoms with Gasteiger partial charge in [0, 0.05) is 11.3 Å². The summed E-state index contributed by atoms with van der Waals surface area (Å²) in [6.45, 7) is 1.95. The van der Waals surface area contributed by atoms with E-state index in [1.54, 1.807) is 12.1 Å². The van der Waals surface area contributed by atoms with Gasteiger partial charge in [-0.15, -0.1) is 0 Å². The van der Waals surface area contributed by atoms with Crippen LogP contribution in [-0.4, -0.2) is 15.9 Å². The number of nitrogens with one attached hydrogen (secondary N) is 2. The summed E-state index contributed by atoms with van der Waals surface area (Å²) in [6, 6.07) is 16.4. The van der Waals surface area contributed by atoms with Gasteiger partial charge in [-0.05, 0) is 31.2 Å². The van der Waals surface area contributed by atoms with Crippen LogP contribution in [0.5, 0.6) is 0 Å². The first kappa shape index (κ1) is 16.9. The topological polar surface area (TPSA) is 41.1 Å². The number of rotatable bonds is 4. The van der Waals surface area contributed by atoms with Crippen LogP contribution in [0.1, 0.15) is 15.9 Å². The van der Waals surface area contributed by atoms with Crippen LogP contribution >= 0.6 is 34.8 Å². The van der Waals surface area contributed by atoms with Crippen molar-refractivity contribution in [3.8, 4) is 0 Å². The lowest BCUT2D eigenvalue weighted by Crippen LogP contribution is -2.49. The summed E-state index contributed by atoms with van der Waals surface area (Å²) in [5.41, 5.74) is 2.31. The molecule has 1 amide bonds. The normalized spacial score (nSPS) is 12.5. The highest BCUT2D eigenvalue weighted by molar-refractivity contribution is 6.68. The van der Waals surface area contributed by atoms with Crippen LogP contribution in [0, 0.1) is 6.92 Å². The Hall–Kier alpha value is -1.42. The van der Waals surface area contributed by atoms with Crippen molar-refractivity contribution in [2.45, 2.75) is 16.9 Å². The summed E-state index contributed by atoms with van der Waals surface area (Å²) in [4.78, 5) is 12.3. The Labute approximate surface area is 144 Å². The second kappa shape index (κ2) is 7.23. The maximum atomic E-state index is 12.3. The van der Waals surface area contributed by atoms with Crippen LogP contribution in [-0.2, 0) is 0 Å². The molecule has 0 spiro atoms. The first-order chi connectivity index (χ1) is 10.4. The molecular formula is C16H15Cl3N2O. The minimum absolute atomic E-state index is 0.320. The smallest absolute Gasteiger partial charge is 0.252 e. The van der Waals surface area contributed by atoms with Crippen LogP contribution in [0.4, 0.5) is 5.69 Å². The van der Waals surface area contributed by atoms with E-state index in [4.69, 9.17) is 34.8 Å². The minimum atomic E-state index is -1.70. The molecule has 0 bridgehead atoms. The Bertz CT molecular complexity index is 624. The Balaban J connectivity index is 2.13. The highest BCUT2D eigenvalue weighted by Crippen LogP contribution is 2.31. The lowest BCUT2D eigenvalue weighted by atomic mass is 10.1. The molecule has 1 atom stereocenters. The van der Waals surface area contributed by atoms with Gasteiger partial charge in [-0.1, -0.05) is 70.7 Å². The van der Waals surface area contributed by atoms with Crippen molar-refractivity contribution in [2.75, 3.05) is 5.32 Å². The number of carbonyl (C=O) groups excluding carboxylic acids is 1. The van der Waals surface area contributed by atoms with E-state index >= 15 is 0 Å². The van der Waals surface area contributed by atoms with E-state index in [-0.39, 0.29) is 5.91 Å². The number of anilines is 1. The third kappa shape index (κ3) is 4.80. The lowest BCUT2D eigenvalue weighted by Gasteiger charge is -2.27. The van der Waals surface area contributed by atoms with E-state index in [0.29, 0.717) is 5.56 Å². The molecule has 2 rings (SSSR count). The van der Waals surface area contributed by atoms with Crippen molar-refractivity contribution in [1.82, 2.24) is 5.32 Å². The largest absolute Gasteiger partial charge is 0.362 e. The molecule has 2 aromatic rings. The molecule has 0 heterocycles. The number of hydrogen-bond acceptors (Lipinski definition) is 2. The molecule has 0 radical (unpaired) electrons. The molecule has 0 aliphatic heterocycles. The van der Waals surface area contributed by atoms with E-state index in [1.807, 2.05) is 49.4 Å². The first-order valence-electron chi connectivity index (χ1n) is 6.62. The third-order valence-corrected chi connectivity index (χ3v) is 3.66. The number of amides is 1. The first-order valence-corrected chi connectivity index (χ1v) is 7.75. The zero-order chi connectivity index (χ0) is 16.2. The number of aryl methyl sites for hydroxylation is 1. The van der Waals surface area contributed by atoms with Gasteiger partial charge < -0.3 is 10.6 Å². The van der Waals surface area contributed by atoms with Crippen molar-refractivity contribution in [1.29, 1.82) is 0 Å². The maximum Gasteiger partial charge on any atom is 0.252 e. The molecule has 0 aliphatic rings. The zero-order valence-electron chi connectivity index (χ0n) is 11.8. The molecule has 0 aromatic heterocycles. The molecule has 1 unspecified atom stereocenters.